The number of benzene rings is 1. The third-order valence-electron chi connectivity index (χ3n) is 3.83. The van der Waals surface area contributed by atoms with E-state index in [2.05, 4.69) is 56.3 Å². The zero-order valence-electron chi connectivity index (χ0n) is 13.0. The molecule has 0 aliphatic rings. The van der Waals surface area contributed by atoms with E-state index in [1.165, 1.54) is 16.7 Å². The number of aromatic nitrogens is 4. The fourth-order valence-corrected chi connectivity index (χ4v) is 2.60. The van der Waals surface area contributed by atoms with Crippen LogP contribution < -0.4 is 5.32 Å². The fraction of sp³-hybridized carbons (Fsp3) is 0.294. The first kappa shape index (κ1) is 14.5. The van der Waals surface area contributed by atoms with Gasteiger partial charge in [-0.3, -0.25) is 5.10 Å². The standard InChI is InChI=1S/C17H21N5/c1-13-17(14(2)21-20-13)10-19-9-15-4-3-5-16(8-15)11-22-7-6-18-12-22/h3-8,12,19H,9-11H2,1-2H3,(H,20,21). The van der Waals surface area contributed by atoms with Gasteiger partial charge in [-0.25, -0.2) is 4.98 Å². The second kappa shape index (κ2) is 6.58. The van der Waals surface area contributed by atoms with Gasteiger partial charge in [-0.2, -0.15) is 5.10 Å². The van der Waals surface area contributed by atoms with Crippen molar-refractivity contribution in [2.45, 2.75) is 33.5 Å². The molecule has 0 fully saturated rings. The predicted molar refractivity (Wildman–Crippen MR) is 86.4 cm³/mol. The highest BCUT2D eigenvalue weighted by atomic mass is 15.1. The average molecular weight is 295 g/mol. The van der Waals surface area contributed by atoms with E-state index in [1.54, 1.807) is 6.20 Å². The van der Waals surface area contributed by atoms with Crippen molar-refractivity contribution in [2.24, 2.45) is 0 Å². The van der Waals surface area contributed by atoms with E-state index in [1.807, 2.05) is 19.4 Å². The molecular weight excluding hydrogens is 274 g/mol. The van der Waals surface area contributed by atoms with Gasteiger partial charge in [0.25, 0.3) is 0 Å². The molecule has 0 aliphatic heterocycles. The molecule has 5 nitrogen and oxygen atoms in total. The van der Waals surface area contributed by atoms with Gasteiger partial charge in [0.05, 0.1) is 12.0 Å². The van der Waals surface area contributed by atoms with Crippen LogP contribution in [0.25, 0.3) is 0 Å². The van der Waals surface area contributed by atoms with E-state index < -0.39 is 0 Å². The van der Waals surface area contributed by atoms with Crippen LogP contribution in [-0.4, -0.2) is 19.7 Å². The second-order valence-electron chi connectivity index (χ2n) is 5.57. The third-order valence-corrected chi connectivity index (χ3v) is 3.83. The van der Waals surface area contributed by atoms with Crippen molar-refractivity contribution in [3.63, 3.8) is 0 Å². The summed E-state index contributed by atoms with van der Waals surface area (Å²) in [5.41, 5.74) is 6.04. The predicted octanol–water partition coefficient (Wildman–Crippen LogP) is 2.56. The highest BCUT2D eigenvalue weighted by Gasteiger charge is 2.05. The zero-order chi connectivity index (χ0) is 15.4. The van der Waals surface area contributed by atoms with Gasteiger partial charge in [-0.15, -0.1) is 0 Å². The van der Waals surface area contributed by atoms with Crippen LogP contribution in [-0.2, 0) is 19.6 Å². The van der Waals surface area contributed by atoms with E-state index in [0.29, 0.717) is 0 Å². The van der Waals surface area contributed by atoms with Gasteiger partial charge in [0.1, 0.15) is 0 Å². The van der Waals surface area contributed by atoms with Crippen molar-refractivity contribution < 1.29 is 0 Å². The first-order valence-electron chi connectivity index (χ1n) is 7.47. The summed E-state index contributed by atoms with van der Waals surface area (Å²) in [4.78, 5) is 4.08. The van der Waals surface area contributed by atoms with Crippen molar-refractivity contribution in [2.75, 3.05) is 0 Å². The number of hydrogen-bond acceptors (Lipinski definition) is 3. The number of nitrogens with zero attached hydrogens (tertiary/aromatic N) is 3. The lowest BCUT2D eigenvalue weighted by Crippen LogP contribution is -2.14. The van der Waals surface area contributed by atoms with Crippen molar-refractivity contribution >= 4 is 0 Å². The smallest absolute Gasteiger partial charge is 0.0949 e. The quantitative estimate of drug-likeness (QED) is 0.735. The van der Waals surface area contributed by atoms with Crippen LogP contribution in [0.3, 0.4) is 0 Å². The van der Waals surface area contributed by atoms with Crippen molar-refractivity contribution in [3.8, 4) is 0 Å². The lowest BCUT2D eigenvalue weighted by atomic mass is 10.1. The van der Waals surface area contributed by atoms with Crippen molar-refractivity contribution in [3.05, 3.63) is 71.1 Å². The van der Waals surface area contributed by atoms with Gasteiger partial charge in [-0.05, 0) is 25.0 Å². The molecule has 0 saturated carbocycles. The van der Waals surface area contributed by atoms with E-state index in [0.717, 1.165) is 31.0 Å². The summed E-state index contributed by atoms with van der Waals surface area (Å²) >= 11 is 0. The molecule has 0 spiro atoms. The summed E-state index contributed by atoms with van der Waals surface area (Å²) in [5.74, 6) is 0. The van der Waals surface area contributed by atoms with Gasteiger partial charge < -0.3 is 9.88 Å². The monoisotopic (exact) mass is 295 g/mol. The molecule has 1 aromatic carbocycles. The average Bonchev–Trinajstić information content (AvgIpc) is 3.12. The molecule has 22 heavy (non-hydrogen) atoms. The van der Waals surface area contributed by atoms with E-state index in [-0.39, 0.29) is 0 Å². The molecule has 0 atom stereocenters. The Morgan fingerprint density at radius 3 is 2.77 bits per heavy atom. The Labute approximate surface area is 130 Å². The molecule has 2 N–H and O–H groups in total. The lowest BCUT2D eigenvalue weighted by molar-refractivity contribution is 0.686. The maximum atomic E-state index is 4.22. The molecule has 0 radical (unpaired) electrons. The van der Waals surface area contributed by atoms with Crippen LogP contribution in [0, 0.1) is 13.8 Å². The van der Waals surface area contributed by atoms with Crippen LogP contribution in [0.2, 0.25) is 0 Å². The first-order valence-corrected chi connectivity index (χ1v) is 7.47. The van der Waals surface area contributed by atoms with Gasteiger partial charge in [0.15, 0.2) is 0 Å². The molecule has 0 saturated heterocycles. The summed E-state index contributed by atoms with van der Waals surface area (Å²) in [6, 6.07) is 8.65. The minimum Gasteiger partial charge on any atom is -0.333 e. The van der Waals surface area contributed by atoms with Crippen molar-refractivity contribution in [1.29, 1.82) is 0 Å². The van der Waals surface area contributed by atoms with E-state index >= 15 is 0 Å². The SMILES string of the molecule is Cc1n[nH]c(C)c1CNCc1cccc(Cn2ccnc2)c1. The number of nitrogens with one attached hydrogen (secondary N) is 2. The van der Waals surface area contributed by atoms with Crippen molar-refractivity contribution in [1.82, 2.24) is 25.1 Å². The molecule has 0 unspecified atom stereocenters. The Hall–Kier alpha value is -2.40. The molecule has 0 amide bonds. The number of aromatic amines is 1. The molecule has 5 heteroatoms. The van der Waals surface area contributed by atoms with Gasteiger partial charge >= 0.3 is 0 Å². The lowest BCUT2D eigenvalue weighted by Gasteiger charge is -2.08. The van der Waals surface area contributed by atoms with Crippen LogP contribution >= 0.6 is 0 Å². The molecule has 2 aromatic heterocycles. The van der Waals surface area contributed by atoms with E-state index in [9.17, 15) is 0 Å². The third kappa shape index (κ3) is 3.43. The molecule has 2 heterocycles. The van der Waals surface area contributed by atoms with E-state index in [4.69, 9.17) is 0 Å². The molecule has 0 bridgehead atoms. The zero-order valence-corrected chi connectivity index (χ0v) is 13.0. The number of imidazole rings is 1. The van der Waals surface area contributed by atoms with Gasteiger partial charge in [0, 0.05) is 43.3 Å². The first-order chi connectivity index (χ1) is 10.7. The molecule has 114 valence electrons. The van der Waals surface area contributed by atoms with Crippen LogP contribution in [0.5, 0.6) is 0 Å². The molecule has 3 rings (SSSR count). The maximum absolute atomic E-state index is 4.22. The fourth-order valence-electron chi connectivity index (χ4n) is 2.60. The topological polar surface area (TPSA) is 58.5 Å². The number of hydrogen-bond donors (Lipinski definition) is 2. The summed E-state index contributed by atoms with van der Waals surface area (Å²) in [6.45, 7) is 6.63. The summed E-state index contributed by atoms with van der Waals surface area (Å²) in [7, 11) is 0. The molecular formula is C17H21N5. The normalized spacial score (nSPS) is 11.0. The highest BCUT2D eigenvalue weighted by molar-refractivity contribution is 5.25. The molecule has 3 aromatic rings. The number of H-pyrrole nitrogens is 1. The van der Waals surface area contributed by atoms with Gasteiger partial charge in [-0.1, -0.05) is 24.3 Å². The summed E-state index contributed by atoms with van der Waals surface area (Å²) in [5, 5.41) is 10.7. The minimum atomic E-state index is 0.833. The number of rotatable bonds is 6. The summed E-state index contributed by atoms with van der Waals surface area (Å²) in [6.07, 6.45) is 5.63. The van der Waals surface area contributed by atoms with Crippen LogP contribution in [0.15, 0.2) is 43.0 Å². The Bertz CT molecular complexity index is 708. The van der Waals surface area contributed by atoms with Crippen LogP contribution in [0.1, 0.15) is 28.1 Å². The Balaban J connectivity index is 1.59. The van der Waals surface area contributed by atoms with Crippen LogP contribution in [0.4, 0.5) is 0 Å². The Kier molecular flexibility index (Phi) is 4.34. The Morgan fingerprint density at radius 1 is 1.18 bits per heavy atom. The second-order valence-corrected chi connectivity index (χ2v) is 5.57. The largest absolute Gasteiger partial charge is 0.333 e. The number of aryl methyl sites for hydroxylation is 2. The minimum absolute atomic E-state index is 0.833. The Morgan fingerprint density at radius 2 is 2.05 bits per heavy atom. The molecule has 0 aliphatic carbocycles. The maximum Gasteiger partial charge on any atom is 0.0949 e. The highest BCUT2D eigenvalue weighted by Crippen LogP contribution is 2.10. The van der Waals surface area contributed by atoms with Gasteiger partial charge in [0.2, 0.25) is 0 Å². The summed E-state index contributed by atoms with van der Waals surface area (Å²) < 4.78 is 2.07.